The minimum absolute atomic E-state index is 0.0102. The van der Waals surface area contributed by atoms with Crippen LogP contribution in [0.4, 0.5) is 0 Å². The van der Waals surface area contributed by atoms with Crippen LogP contribution >= 0.6 is 0 Å². The lowest BCUT2D eigenvalue weighted by Crippen LogP contribution is -2.58. The molecule has 0 aliphatic rings. The molecule has 440 valence electrons. The molecule has 0 unspecified atom stereocenters. The molecule has 0 fully saturated rings. The van der Waals surface area contributed by atoms with Gasteiger partial charge in [0.2, 0.25) is 47.3 Å². The number of nitrogens with two attached hydrogens (primary N) is 1. The maximum absolute atomic E-state index is 13.6. The van der Waals surface area contributed by atoms with Crippen molar-refractivity contribution in [1.29, 1.82) is 0 Å². The average molecular weight is 1080 g/mol. The fraction of sp³-hybridized carbons (Fsp3) is 0.821. The van der Waals surface area contributed by atoms with E-state index in [1.165, 1.54) is 6.08 Å². The summed E-state index contributed by atoms with van der Waals surface area (Å²) in [6.45, 7) is 9.88. The van der Waals surface area contributed by atoms with Gasteiger partial charge in [0.15, 0.2) is 0 Å². The second-order valence-electron chi connectivity index (χ2n) is 19.6. The zero-order valence-electron chi connectivity index (χ0n) is 47.4. The normalized spacial score (nSPS) is 11.3. The molecule has 0 rings (SSSR count). The van der Waals surface area contributed by atoms with Crippen LogP contribution in [-0.2, 0) is 52.6 Å². The van der Waals surface area contributed by atoms with E-state index in [2.05, 4.69) is 56.4 Å². The third-order valence-electron chi connectivity index (χ3n) is 12.3. The third kappa shape index (κ3) is 47.8. The maximum Gasteiger partial charge on any atom is 0.243 e. The molecule has 0 saturated heterocycles. The van der Waals surface area contributed by atoms with Gasteiger partial charge in [0, 0.05) is 90.8 Å². The Morgan fingerprint density at radius 1 is 0.368 bits per heavy atom. The van der Waals surface area contributed by atoms with Crippen molar-refractivity contribution >= 4 is 47.3 Å². The topological polar surface area (TPSA) is 287 Å². The molecule has 0 aliphatic heterocycles. The summed E-state index contributed by atoms with van der Waals surface area (Å²) in [7, 11) is 0. The lowest BCUT2D eigenvalue weighted by molar-refractivity contribution is -0.130. The summed E-state index contributed by atoms with van der Waals surface area (Å²) in [4.78, 5) is 99.2. The largest absolute Gasteiger partial charge is 0.378 e. The van der Waals surface area contributed by atoms with Gasteiger partial charge in [0.05, 0.1) is 39.6 Å². The summed E-state index contributed by atoms with van der Waals surface area (Å²) in [6.07, 6.45) is 24.1. The van der Waals surface area contributed by atoms with Gasteiger partial charge in [-0.1, -0.05) is 97.0 Å². The first-order valence-corrected chi connectivity index (χ1v) is 29.1. The predicted molar refractivity (Wildman–Crippen MR) is 299 cm³/mol. The fourth-order valence-corrected chi connectivity index (χ4v) is 7.79. The van der Waals surface area contributed by atoms with E-state index in [0.717, 1.165) is 109 Å². The number of ether oxygens (including phenoxy) is 3. The lowest BCUT2D eigenvalue weighted by atomic mass is 10.0. The zero-order valence-corrected chi connectivity index (χ0v) is 47.4. The standard InChI is InChI=1S/C56H105N9O11/c1-4-7-17-27-49(67)61-38-24-40-63-53(71)32-43-75-46-56(45-74-42-31-52(70)60-37-23-34-57,47-76-44-33-54(72)64-41-25-39-62-50(68)28-18-8-5-2)65-55(73)30-20-14-12-10-9-11-13-19-29-51(69)59-36-22-16-15-21-35-58-48(66)26-6-3/h6,26H,4-5,7-25,27-47,57H2,1-3H3,(H,58,66)(H,59,69)(H,60,70)(H,61,67)(H,62,68)(H,63,71)(H,64,72)(H,65,73)/b26-6+. The minimum Gasteiger partial charge on any atom is -0.378 e. The second kappa shape index (κ2) is 52.4. The molecule has 0 aliphatic carbocycles. The molecule has 0 spiro atoms. The van der Waals surface area contributed by atoms with Gasteiger partial charge in [0.25, 0.3) is 0 Å². The lowest BCUT2D eigenvalue weighted by Gasteiger charge is -2.34. The van der Waals surface area contributed by atoms with Crippen LogP contribution in [0.5, 0.6) is 0 Å². The van der Waals surface area contributed by atoms with Gasteiger partial charge in [-0.3, -0.25) is 38.4 Å². The molecular weight excluding hydrogens is 975 g/mol. The molecule has 0 aromatic heterocycles. The number of unbranched alkanes of at least 4 members (excludes halogenated alkanes) is 14. The quantitative estimate of drug-likeness (QED) is 0.0281. The Morgan fingerprint density at radius 2 is 0.671 bits per heavy atom. The SMILES string of the molecule is C/C=C/C(=O)NCCCCCCNC(=O)CCCCCCCCCCC(=O)NC(COCCC(=O)NCCCN)(COCCC(=O)NCCCNC(=O)CCCCC)COCCC(=O)NCCCNC(=O)CCCCC. The molecule has 76 heavy (non-hydrogen) atoms. The second-order valence-corrected chi connectivity index (χ2v) is 19.6. The Kier molecular flexibility index (Phi) is 49.2. The molecule has 8 amide bonds. The highest BCUT2D eigenvalue weighted by atomic mass is 16.5. The summed E-state index contributed by atoms with van der Waals surface area (Å²) in [6, 6.07) is 0. The van der Waals surface area contributed by atoms with Gasteiger partial charge in [-0.25, -0.2) is 0 Å². The number of rotatable bonds is 54. The van der Waals surface area contributed by atoms with E-state index >= 15 is 0 Å². The Bertz CT molecular complexity index is 1520. The van der Waals surface area contributed by atoms with E-state index in [1.807, 2.05) is 6.92 Å². The number of amides is 8. The van der Waals surface area contributed by atoms with E-state index in [0.29, 0.717) is 97.3 Å². The van der Waals surface area contributed by atoms with Crippen LogP contribution in [0.25, 0.3) is 0 Å². The van der Waals surface area contributed by atoms with Gasteiger partial charge in [0.1, 0.15) is 5.54 Å². The summed E-state index contributed by atoms with van der Waals surface area (Å²) < 4.78 is 18.1. The summed E-state index contributed by atoms with van der Waals surface area (Å²) in [5, 5.41) is 23.2. The van der Waals surface area contributed by atoms with Crippen molar-refractivity contribution in [2.45, 2.75) is 206 Å². The van der Waals surface area contributed by atoms with Gasteiger partial charge in [-0.15, -0.1) is 0 Å². The highest BCUT2D eigenvalue weighted by Gasteiger charge is 2.34. The number of hydrogen-bond donors (Lipinski definition) is 9. The molecule has 10 N–H and O–H groups in total. The summed E-state index contributed by atoms with van der Waals surface area (Å²) >= 11 is 0. The maximum atomic E-state index is 13.6. The van der Waals surface area contributed by atoms with Crippen molar-refractivity contribution in [3.05, 3.63) is 12.2 Å². The zero-order chi connectivity index (χ0) is 56.0. The first-order chi connectivity index (χ1) is 36.9. The number of allylic oxidation sites excluding steroid dienone is 1. The van der Waals surface area contributed by atoms with Gasteiger partial charge in [-0.2, -0.15) is 0 Å². The van der Waals surface area contributed by atoms with E-state index in [4.69, 9.17) is 19.9 Å². The van der Waals surface area contributed by atoms with Crippen molar-refractivity contribution in [3.8, 4) is 0 Å². The molecule has 0 saturated carbocycles. The highest BCUT2D eigenvalue weighted by molar-refractivity contribution is 5.87. The van der Waals surface area contributed by atoms with Gasteiger partial charge in [-0.05, 0) is 77.3 Å². The fourth-order valence-electron chi connectivity index (χ4n) is 7.79. The van der Waals surface area contributed by atoms with Crippen LogP contribution in [0.3, 0.4) is 0 Å². The monoisotopic (exact) mass is 1080 g/mol. The minimum atomic E-state index is -1.21. The van der Waals surface area contributed by atoms with Gasteiger partial charge >= 0.3 is 0 Å². The van der Waals surface area contributed by atoms with Crippen LogP contribution in [0.2, 0.25) is 0 Å². The van der Waals surface area contributed by atoms with Gasteiger partial charge < -0.3 is 62.5 Å². The van der Waals surface area contributed by atoms with E-state index < -0.39 is 5.54 Å². The predicted octanol–water partition coefficient (Wildman–Crippen LogP) is 5.20. The molecule has 0 aromatic rings. The van der Waals surface area contributed by atoms with Crippen molar-refractivity contribution in [2.75, 3.05) is 92.0 Å². The first kappa shape index (κ1) is 71.3. The van der Waals surface area contributed by atoms with E-state index in [9.17, 15) is 38.4 Å². The molecule has 0 heterocycles. The number of carbonyl (C=O) groups is 8. The Hall–Kier alpha value is -4.66. The Morgan fingerprint density at radius 3 is 1.04 bits per heavy atom. The van der Waals surface area contributed by atoms with Crippen molar-refractivity contribution in [3.63, 3.8) is 0 Å². The molecular formula is C56H105N9O11. The van der Waals surface area contributed by atoms with Crippen LogP contribution in [-0.4, -0.2) is 145 Å². The Labute approximate surface area is 456 Å². The summed E-state index contributed by atoms with van der Waals surface area (Å²) in [5.41, 5.74) is 4.35. The third-order valence-corrected chi connectivity index (χ3v) is 12.3. The molecule has 0 radical (unpaired) electrons. The average Bonchev–Trinajstić information content (AvgIpc) is 3.39. The van der Waals surface area contributed by atoms with Crippen LogP contribution < -0.4 is 48.3 Å². The number of carbonyl (C=O) groups excluding carboxylic acids is 8. The molecule has 0 bridgehead atoms. The number of hydrogen-bond acceptors (Lipinski definition) is 12. The van der Waals surface area contributed by atoms with Crippen molar-refractivity contribution in [2.24, 2.45) is 5.73 Å². The van der Waals surface area contributed by atoms with E-state index in [1.54, 1.807) is 6.08 Å². The van der Waals surface area contributed by atoms with E-state index in [-0.39, 0.29) is 113 Å². The summed E-state index contributed by atoms with van der Waals surface area (Å²) in [5.74, 6) is -0.831. The Balaban J connectivity index is 5.22. The molecule has 20 nitrogen and oxygen atoms in total. The molecule has 0 atom stereocenters. The van der Waals surface area contributed by atoms with Crippen molar-refractivity contribution in [1.82, 2.24) is 42.5 Å². The van der Waals surface area contributed by atoms with Crippen molar-refractivity contribution < 1.29 is 52.6 Å². The van der Waals surface area contributed by atoms with Crippen LogP contribution in [0.15, 0.2) is 12.2 Å². The molecule has 0 aromatic carbocycles. The number of nitrogens with one attached hydrogen (secondary N) is 8. The smallest absolute Gasteiger partial charge is 0.243 e. The first-order valence-electron chi connectivity index (χ1n) is 29.1. The molecule has 20 heteroatoms. The van der Waals surface area contributed by atoms with Crippen LogP contribution in [0, 0.1) is 0 Å². The van der Waals surface area contributed by atoms with Crippen LogP contribution in [0.1, 0.15) is 201 Å². The highest BCUT2D eigenvalue weighted by Crippen LogP contribution is 2.14.